The zero-order chi connectivity index (χ0) is 16.6. The number of nitrogens with one attached hydrogen (secondary N) is 1. The molecular weight excluding hydrogens is 342 g/mol. The van der Waals surface area contributed by atoms with E-state index < -0.39 is 10.0 Å². The van der Waals surface area contributed by atoms with Gasteiger partial charge in [-0.2, -0.15) is 0 Å². The zero-order valence-electron chi connectivity index (χ0n) is 12.5. The topological polar surface area (TPSA) is 63.5 Å². The molecule has 3 heterocycles. The Labute approximate surface area is 143 Å². The first-order chi connectivity index (χ1) is 11.6. The molecule has 24 heavy (non-hydrogen) atoms. The van der Waals surface area contributed by atoms with Gasteiger partial charge in [-0.3, -0.25) is 4.72 Å². The fraction of sp³-hybridized carbons (Fsp3) is 0. The van der Waals surface area contributed by atoms with Crippen molar-refractivity contribution < 1.29 is 8.42 Å². The Morgan fingerprint density at radius 1 is 1.00 bits per heavy atom. The molecule has 120 valence electrons. The highest BCUT2D eigenvalue weighted by Gasteiger charge is 2.15. The van der Waals surface area contributed by atoms with Crippen molar-refractivity contribution >= 4 is 32.7 Å². The number of rotatable bonds is 4. The monoisotopic (exact) mass is 355 g/mol. The summed E-state index contributed by atoms with van der Waals surface area (Å²) in [7, 11) is -3.52. The maximum atomic E-state index is 12.2. The van der Waals surface area contributed by atoms with Gasteiger partial charge in [0.15, 0.2) is 0 Å². The van der Waals surface area contributed by atoms with Crippen molar-refractivity contribution in [2.24, 2.45) is 0 Å². The highest BCUT2D eigenvalue weighted by atomic mass is 32.2. The van der Waals surface area contributed by atoms with Crippen LogP contribution in [0, 0.1) is 0 Å². The second-order valence-corrected chi connectivity index (χ2v) is 8.06. The van der Waals surface area contributed by atoms with Crippen LogP contribution < -0.4 is 4.72 Å². The number of thiophene rings is 1. The number of sulfonamides is 1. The molecule has 3 aromatic heterocycles. The number of fused-ring (bicyclic) bond motifs is 1. The van der Waals surface area contributed by atoms with E-state index in [0.29, 0.717) is 9.90 Å². The van der Waals surface area contributed by atoms with Gasteiger partial charge in [-0.25, -0.2) is 13.4 Å². The zero-order valence-corrected chi connectivity index (χ0v) is 14.1. The molecular formula is C17H13N3O2S2. The minimum atomic E-state index is -3.52. The third-order valence-corrected chi connectivity index (χ3v) is 6.34. The molecule has 7 heteroatoms. The summed E-state index contributed by atoms with van der Waals surface area (Å²) in [6.07, 6.45) is 3.88. The average molecular weight is 355 g/mol. The quantitative estimate of drug-likeness (QED) is 0.604. The van der Waals surface area contributed by atoms with Crippen molar-refractivity contribution in [2.45, 2.75) is 4.21 Å². The first-order valence-electron chi connectivity index (χ1n) is 7.22. The number of pyridine rings is 1. The summed E-state index contributed by atoms with van der Waals surface area (Å²) >= 11 is 1.19. The summed E-state index contributed by atoms with van der Waals surface area (Å²) in [4.78, 5) is 4.55. The molecule has 4 aromatic rings. The molecule has 1 N–H and O–H groups in total. The summed E-state index contributed by atoms with van der Waals surface area (Å²) in [5.74, 6) is 0. The Kier molecular flexibility index (Phi) is 3.59. The molecule has 5 nitrogen and oxygen atoms in total. The molecule has 0 saturated carbocycles. The number of hydrogen-bond acceptors (Lipinski definition) is 4. The SMILES string of the molecule is O=S(=O)(Nc1ccc(-c2cn3ccccc3n2)cc1)c1cccs1. The van der Waals surface area contributed by atoms with Gasteiger partial charge in [0.2, 0.25) is 0 Å². The number of nitrogens with zero attached hydrogens (tertiary/aromatic N) is 2. The summed E-state index contributed by atoms with van der Waals surface area (Å²) in [6.45, 7) is 0. The lowest BCUT2D eigenvalue weighted by Gasteiger charge is -2.06. The Morgan fingerprint density at radius 2 is 1.83 bits per heavy atom. The predicted molar refractivity (Wildman–Crippen MR) is 95.8 cm³/mol. The third kappa shape index (κ3) is 2.79. The Morgan fingerprint density at radius 3 is 2.54 bits per heavy atom. The van der Waals surface area contributed by atoms with Gasteiger partial charge in [0.1, 0.15) is 9.86 Å². The van der Waals surface area contributed by atoms with E-state index in [1.807, 2.05) is 47.1 Å². The largest absolute Gasteiger partial charge is 0.306 e. The van der Waals surface area contributed by atoms with Crippen LogP contribution in [-0.4, -0.2) is 17.8 Å². The van der Waals surface area contributed by atoms with Crippen LogP contribution in [-0.2, 0) is 10.0 Å². The van der Waals surface area contributed by atoms with Crippen LogP contribution in [0.1, 0.15) is 0 Å². The summed E-state index contributed by atoms with van der Waals surface area (Å²) in [5.41, 5.74) is 3.16. The predicted octanol–water partition coefficient (Wildman–Crippen LogP) is 3.86. The van der Waals surface area contributed by atoms with Gasteiger partial charge in [-0.1, -0.05) is 24.3 Å². The number of benzene rings is 1. The van der Waals surface area contributed by atoms with Crippen molar-refractivity contribution in [3.8, 4) is 11.3 Å². The molecule has 0 radical (unpaired) electrons. The lowest BCUT2D eigenvalue weighted by Crippen LogP contribution is -2.11. The number of anilines is 1. The molecule has 0 bridgehead atoms. The van der Waals surface area contributed by atoms with E-state index in [2.05, 4.69) is 9.71 Å². The van der Waals surface area contributed by atoms with Crippen LogP contribution in [0.25, 0.3) is 16.9 Å². The molecule has 0 amide bonds. The van der Waals surface area contributed by atoms with E-state index in [4.69, 9.17) is 0 Å². The van der Waals surface area contributed by atoms with Crippen molar-refractivity contribution in [3.63, 3.8) is 0 Å². The molecule has 0 unspecified atom stereocenters. The molecule has 1 aromatic carbocycles. The Hall–Kier alpha value is -2.64. The van der Waals surface area contributed by atoms with E-state index in [0.717, 1.165) is 16.9 Å². The van der Waals surface area contributed by atoms with E-state index >= 15 is 0 Å². The molecule has 0 atom stereocenters. The molecule has 0 aliphatic rings. The highest BCUT2D eigenvalue weighted by Crippen LogP contribution is 2.24. The first-order valence-corrected chi connectivity index (χ1v) is 9.59. The fourth-order valence-electron chi connectivity index (χ4n) is 2.40. The number of hydrogen-bond donors (Lipinski definition) is 1. The van der Waals surface area contributed by atoms with Gasteiger partial charge in [0.25, 0.3) is 10.0 Å². The summed E-state index contributed by atoms with van der Waals surface area (Å²) < 4.78 is 29.3. The van der Waals surface area contributed by atoms with E-state index in [1.165, 1.54) is 11.3 Å². The minimum absolute atomic E-state index is 0.298. The van der Waals surface area contributed by atoms with Gasteiger partial charge in [-0.05, 0) is 35.7 Å². The van der Waals surface area contributed by atoms with Gasteiger partial charge in [0, 0.05) is 23.6 Å². The van der Waals surface area contributed by atoms with Gasteiger partial charge in [0.05, 0.1) is 5.69 Å². The molecule has 4 rings (SSSR count). The number of imidazole rings is 1. The average Bonchev–Trinajstić information content (AvgIpc) is 3.25. The van der Waals surface area contributed by atoms with E-state index in [1.54, 1.807) is 29.6 Å². The molecule has 0 fully saturated rings. The van der Waals surface area contributed by atoms with Crippen LogP contribution in [0.2, 0.25) is 0 Å². The van der Waals surface area contributed by atoms with Gasteiger partial charge in [-0.15, -0.1) is 11.3 Å². The highest BCUT2D eigenvalue weighted by molar-refractivity contribution is 7.94. The number of aromatic nitrogens is 2. The second-order valence-electron chi connectivity index (χ2n) is 5.21. The molecule has 0 aliphatic carbocycles. The maximum Gasteiger partial charge on any atom is 0.271 e. The lowest BCUT2D eigenvalue weighted by molar-refractivity contribution is 0.603. The lowest BCUT2D eigenvalue weighted by atomic mass is 10.1. The van der Waals surface area contributed by atoms with Crippen molar-refractivity contribution in [1.82, 2.24) is 9.38 Å². The maximum absolute atomic E-state index is 12.2. The van der Waals surface area contributed by atoms with Crippen molar-refractivity contribution in [3.05, 3.63) is 72.4 Å². The summed E-state index contributed by atoms with van der Waals surface area (Å²) in [5, 5.41) is 1.74. The van der Waals surface area contributed by atoms with Crippen LogP contribution in [0.5, 0.6) is 0 Å². The minimum Gasteiger partial charge on any atom is -0.306 e. The summed E-state index contributed by atoms with van der Waals surface area (Å²) in [6, 6.07) is 16.3. The van der Waals surface area contributed by atoms with Crippen LogP contribution in [0.4, 0.5) is 5.69 Å². The van der Waals surface area contributed by atoms with Gasteiger partial charge < -0.3 is 4.40 Å². The smallest absolute Gasteiger partial charge is 0.271 e. The van der Waals surface area contributed by atoms with E-state index in [-0.39, 0.29) is 0 Å². The molecule has 0 saturated heterocycles. The van der Waals surface area contributed by atoms with Crippen molar-refractivity contribution in [1.29, 1.82) is 0 Å². The standard InChI is InChI=1S/C17H13N3O2S2/c21-24(22,17-5-3-11-23-17)19-14-8-6-13(7-9-14)15-12-20-10-2-1-4-16(20)18-15/h1-12,19H. The second kappa shape index (κ2) is 5.77. The normalized spacial score (nSPS) is 11.7. The molecule has 0 spiro atoms. The van der Waals surface area contributed by atoms with Gasteiger partial charge >= 0.3 is 0 Å². The Bertz CT molecular complexity index is 1050. The van der Waals surface area contributed by atoms with Crippen LogP contribution in [0.3, 0.4) is 0 Å². The first kappa shape index (κ1) is 14.9. The molecule has 0 aliphatic heterocycles. The van der Waals surface area contributed by atoms with Crippen LogP contribution >= 0.6 is 11.3 Å². The van der Waals surface area contributed by atoms with Crippen LogP contribution in [0.15, 0.2) is 76.6 Å². The van der Waals surface area contributed by atoms with Crippen molar-refractivity contribution in [2.75, 3.05) is 4.72 Å². The Balaban J connectivity index is 1.61. The van der Waals surface area contributed by atoms with E-state index in [9.17, 15) is 8.42 Å². The fourth-order valence-corrected chi connectivity index (χ4v) is 4.46. The third-order valence-electron chi connectivity index (χ3n) is 3.56.